The first-order valence-electron chi connectivity index (χ1n) is 8.60. The lowest BCUT2D eigenvalue weighted by Gasteiger charge is -2.21. The maximum absolute atomic E-state index is 11.8. The topological polar surface area (TPSA) is 45.8 Å². The molecule has 1 unspecified atom stereocenters. The summed E-state index contributed by atoms with van der Waals surface area (Å²) in [7, 11) is 0. The van der Waals surface area contributed by atoms with Crippen molar-refractivity contribution in [1.29, 1.82) is 0 Å². The van der Waals surface area contributed by atoms with Crippen molar-refractivity contribution in [1.82, 2.24) is 5.01 Å². The summed E-state index contributed by atoms with van der Waals surface area (Å²) in [6, 6.07) is 22.4. The third kappa shape index (κ3) is 2.23. The van der Waals surface area contributed by atoms with Gasteiger partial charge in [-0.05, 0) is 45.3 Å². The van der Waals surface area contributed by atoms with Crippen molar-refractivity contribution in [2.24, 2.45) is 5.10 Å². The van der Waals surface area contributed by atoms with Crippen molar-refractivity contribution >= 4 is 33.7 Å². The number of fused-ring (bicyclic) bond motifs is 2. The lowest BCUT2D eigenvalue weighted by molar-refractivity contribution is -0.119. The van der Waals surface area contributed by atoms with Crippen molar-refractivity contribution in [3.8, 4) is 0 Å². The van der Waals surface area contributed by atoms with Gasteiger partial charge in [0.2, 0.25) is 6.41 Å². The third-order valence-electron chi connectivity index (χ3n) is 5.00. The number of hydrogen-bond donors (Lipinski definition) is 0. The number of amides is 1. The SMILES string of the molecule is O=CN1N=C(c2ccco2)CC1c1c2ccccc2cc2ccccc12. The highest BCUT2D eigenvalue weighted by atomic mass is 16.3. The van der Waals surface area contributed by atoms with E-state index in [1.807, 2.05) is 36.4 Å². The Morgan fingerprint density at radius 2 is 1.65 bits per heavy atom. The van der Waals surface area contributed by atoms with Gasteiger partial charge in [-0.15, -0.1) is 0 Å². The van der Waals surface area contributed by atoms with E-state index in [4.69, 9.17) is 4.42 Å². The van der Waals surface area contributed by atoms with Gasteiger partial charge in [0.25, 0.3) is 0 Å². The number of benzene rings is 3. The summed E-state index contributed by atoms with van der Waals surface area (Å²) < 4.78 is 5.50. The van der Waals surface area contributed by atoms with Crippen LogP contribution in [-0.4, -0.2) is 17.1 Å². The molecule has 1 aliphatic rings. The molecule has 0 saturated carbocycles. The molecule has 4 aromatic rings. The highest BCUT2D eigenvalue weighted by molar-refractivity contribution is 6.05. The molecular formula is C22H16N2O2. The van der Waals surface area contributed by atoms with Crippen LogP contribution in [0.2, 0.25) is 0 Å². The molecule has 1 aromatic heterocycles. The fourth-order valence-electron chi connectivity index (χ4n) is 3.86. The van der Waals surface area contributed by atoms with E-state index in [-0.39, 0.29) is 6.04 Å². The predicted octanol–water partition coefficient (Wildman–Crippen LogP) is 4.89. The average Bonchev–Trinajstić information content (AvgIpc) is 3.35. The molecule has 0 bridgehead atoms. The number of rotatable bonds is 3. The summed E-state index contributed by atoms with van der Waals surface area (Å²) in [5.41, 5.74) is 1.93. The van der Waals surface area contributed by atoms with Gasteiger partial charge in [-0.25, -0.2) is 5.01 Å². The Morgan fingerprint density at radius 1 is 0.962 bits per heavy atom. The van der Waals surface area contributed by atoms with Crippen molar-refractivity contribution in [3.63, 3.8) is 0 Å². The van der Waals surface area contributed by atoms with E-state index in [2.05, 4.69) is 35.4 Å². The molecule has 26 heavy (non-hydrogen) atoms. The first kappa shape index (κ1) is 14.9. The average molecular weight is 340 g/mol. The zero-order valence-corrected chi connectivity index (χ0v) is 14.0. The summed E-state index contributed by atoms with van der Waals surface area (Å²) >= 11 is 0. The van der Waals surface area contributed by atoms with Crippen LogP contribution in [0.3, 0.4) is 0 Å². The van der Waals surface area contributed by atoms with Crippen molar-refractivity contribution in [3.05, 3.63) is 84.3 Å². The smallest absolute Gasteiger partial charge is 0.230 e. The standard InChI is InChI=1S/C22H16N2O2/c25-14-24-20(13-19(23-24)21-10-5-11-26-21)22-17-8-3-1-6-15(17)12-16-7-2-4-9-18(16)22/h1-12,14,20H,13H2. The molecule has 1 aliphatic heterocycles. The normalized spacial score (nSPS) is 17.0. The van der Waals surface area contributed by atoms with E-state index in [1.54, 1.807) is 6.26 Å². The van der Waals surface area contributed by atoms with Gasteiger partial charge in [0.1, 0.15) is 11.5 Å². The van der Waals surface area contributed by atoms with E-state index < -0.39 is 0 Å². The Bertz CT molecular complexity index is 1090. The van der Waals surface area contributed by atoms with E-state index in [1.165, 1.54) is 15.8 Å². The van der Waals surface area contributed by atoms with Crippen molar-refractivity contribution in [2.75, 3.05) is 0 Å². The second-order valence-corrected chi connectivity index (χ2v) is 6.46. The van der Waals surface area contributed by atoms with E-state index in [9.17, 15) is 4.79 Å². The number of furan rings is 1. The maximum atomic E-state index is 11.8. The molecule has 5 rings (SSSR count). The quantitative estimate of drug-likeness (QED) is 0.393. The van der Waals surface area contributed by atoms with E-state index >= 15 is 0 Å². The molecule has 0 N–H and O–H groups in total. The highest BCUT2D eigenvalue weighted by Crippen LogP contribution is 2.40. The zero-order chi connectivity index (χ0) is 17.5. The number of nitrogens with zero attached hydrogens (tertiary/aromatic N) is 2. The van der Waals surface area contributed by atoms with Crippen LogP contribution in [0.25, 0.3) is 21.5 Å². The summed E-state index contributed by atoms with van der Waals surface area (Å²) in [4.78, 5) is 11.8. The van der Waals surface area contributed by atoms with Gasteiger partial charge in [0.05, 0.1) is 12.3 Å². The molecule has 0 aliphatic carbocycles. The van der Waals surface area contributed by atoms with Crippen LogP contribution in [0.4, 0.5) is 0 Å². The molecule has 0 fully saturated rings. The first-order valence-corrected chi connectivity index (χ1v) is 8.60. The Hall–Kier alpha value is -3.40. The fraction of sp³-hybridized carbons (Fsp3) is 0.0909. The largest absolute Gasteiger partial charge is 0.463 e. The highest BCUT2D eigenvalue weighted by Gasteiger charge is 2.32. The lowest BCUT2D eigenvalue weighted by Crippen LogP contribution is -2.18. The zero-order valence-electron chi connectivity index (χ0n) is 14.0. The first-order chi connectivity index (χ1) is 12.8. The Kier molecular flexibility index (Phi) is 3.35. The van der Waals surface area contributed by atoms with Crippen LogP contribution in [0, 0.1) is 0 Å². The molecule has 4 nitrogen and oxygen atoms in total. The second-order valence-electron chi connectivity index (χ2n) is 6.46. The molecule has 0 radical (unpaired) electrons. The molecular weight excluding hydrogens is 324 g/mol. The van der Waals surface area contributed by atoms with Crippen molar-refractivity contribution in [2.45, 2.75) is 12.5 Å². The summed E-state index contributed by atoms with van der Waals surface area (Å²) in [5, 5.41) is 10.7. The number of carbonyl (C=O) groups is 1. The summed E-state index contributed by atoms with van der Waals surface area (Å²) in [6.07, 6.45) is 3.06. The van der Waals surface area contributed by atoms with Crippen LogP contribution in [0.5, 0.6) is 0 Å². The predicted molar refractivity (Wildman–Crippen MR) is 102 cm³/mol. The molecule has 1 amide bonds. The monoisotopic (exact) mass is 340 g/mol. The lowest BCUT2D eigenvalue weighted by atomic mass is 9.90. The second kappa shape index (κ2) is 5.85. The van der Waals surface area contributed by atoms with Crippen LogP contribution >= 0.6 is 0 Å². The van der Waals surface area contributed by atoms with Crippen LogP contribution in [0.1, 0.15) is 23.8 Å². The number of hydrazone groups is 1. The van der Waals surface area contributed by atoms with Gasteiger partial charge in [0.15, 0.2) is 0 Å². The minimum atomic E-state index is -0.149. The molecule has 4 heteroatoms. The molecule has 3 aromatic carbocycles. The Labute approximate surface area is 150 Å². The van der Waals surface area contributed by atoms with Crippen LogP contribution in [-0.2, 0) is 4.79 Å². The van der Waals surface area contributed by atoms with E-state index in [0.717, 1.165) is 28.5 Å². The molecule has 0 spiro atoms. The summed E-state index contributed by atoms with van der Waals surface area (Å²) in [6.45, 7) is 0. The minimum absolute atomic E-state index is 0.149. The minimum Gasteiger partial charge on any atom is -0.463 e. The number of carbonyl (C=O) groups excluding carboxylic acids is 1. The maximum Gasteiger partial charge on any atom is 0.230 e. The van der Waals surface area contributed by atoms with Gasteiger partial charge in [-0.1, -0.05) is 48.5 Å². The van der Waals surface area contributed by atoms with Gasteiger partial charge in [-0.2, -0.15) is 5.10 Å². The molecule has 1 atom stereocenters. The third-order valence-corrected chi connectivity index (χ3v) is 5.00. The summed E-state index contributed by atoms with van der Waals surface area (Å²) in [5.74, 6) is 0.712. The van der Waals surface area contributed by atoms with Gasteiger partial charge < -0.3 is 4.42 Å². The van der Waals surface area contributed by atoms with Gasteiger partial charge in [0, 0.05) is 6.42 Å². The van der Waals surface area contributed by atoms with Gasteiger partial charge >= 0.3 is 0 Å². The molecule has 0 saturated heterocycles. The fourth-order valence-corrected chi connectivity index (χ4v) is 3.86. The van der Waals surface area contributed by atoms with Crippen LogP contribution < -0.4 is 0 Å². The van der Waals surface area contributed by atoms with E-state index in [0.29, 0.717) is 12.2 Å². The van der Waals surface area contributed by atoms with Gasteiger partial charge in [-0.3, -0.25) is 4.79 Å². The number of hydrogen-bond acceptors (Lipinski definition) is 3. The van der Waals surface area contributed by atoms with Crippen LogP contribution in [0.15, 0.2) is 82.5 Å². The molecule has 126 valence electrons. The molecule has 2 heterocycles. The van der Waals surface area contributed by atoms with Crippen molar-refractivity contribution < 1.29 is 9.21 Å². The Morgan fingerprint density at radius 3 is 2.27 bits per heavy atom. The Balaban J connectivity index is 1.74.